The van der Waals surface area contributed by atoms with Gasteiger partial charge in [0.2, 0.25) is 0 Å². The van der Waals surface area contributed by atoms with E-state index in [2.05, 4.69) is 5.32 Å². The molecule has 4 nitrogen and oxygen atoms in total. The van der Waals surface area contributed by atoms with Crippen molar-refractivity contribution in [1.29, 1.82) is 0 Å². The first-order valence-corrected chi connectivity index (χ1v) is 6.03. The third-order valence-electron chi connectivity index (χ3n) is 2.27. The average molecular weight is 251 g/mol. The minimum Gasteiger partial charge on any atom is -0.459 e. The maximum atomic E-state index is 11.8. The molecule has 0 unspecified atom stereocenters. The monoisotopic (exact) mass is 251 g/mol. The second-order valence-electron chi connectivity index (χ2n) is 5.14. The Morgan fingerprint density at radius 1 is 1.33 bits per heavy atom. The molecule has 0 aliphatic heterocycles. The van der Waals surface area contributed by atoms with Gasteiger partial charge in [-0.15, -0.1) is 0 Å². The highest BCUT2D eigenvalue weighted by Crippen LogP contribution is 2.08. The third kappa shape index (κ3) is 5.29. The standard InChI is InChI=1S/C14H21NO3/c1-14(2,3)18-13(17)12(10-16)15-9-11-7-5-4-6-8-11/h4-8,12,15-16H,9-10H2,1-3H3/t12-/m0/s1. The van der Waals surface area contributed by atoms with Crippen LogP contribution in [0.5, 0.6) is 0 Å². The molecule has 0 heterocycles. The van der Waals surface area contributed by atoms with E-state index in [1.54, 1.807) is 20.8 Å². The fraction of sp³-hybridized carbons (Fsp3) is 0.500. The minimum atomic E-state index is -0.690. The number of aliphatic hydroxyl groups is 1. The number of esters is 1. The van der Waals surface area contributed by atoms with Crippen LogP contribution in [0.1, 0.15) is 26.3 Å². The van der Waals surface area contributed by atoms with Gasteiger partial charge in [0.1, 0.15) is 11.6 Å². The maximum absolute atomic E-state index is 11.8. The van der Waals surface area contributed by atoms with E-state index in [1.807, 2.05) is 30.3 Å². The number of nitrogens with one attached hydrogen (secondary N) is 1. The molecule has 0 bridgehead atoms. The summed E-state index contributed by atoms with van der Waals surface area (Å²) in [6.07, 6.45) is 0. The van der Waals surface area contributed by atoms with Crippen LogP contribution in [0.15, 0.2) is 30.3 Å². The zero-order valence-electron chi connectivity index (χ0n) is 11.1. The summed E-state index contributed by atoms with van der Waals surface area (Å²) in [6, 6.07) is 9.01. The smallest absolute Gasteiger partial charge is 0.326 e. The van der Waals surface area contributed by atoms with E-state index in [1.165, 1.54) is 0 Å². The molecule has 0 aliphatic carbocycles. The Hall–Kier alpha value is -1.39. The van der Waals surface area contributed by atoms with E-state index >= 15 is 0 Å². The Kier molecular flexibility index (Phi) is 5.31. The summed E-state index contributed by atoms with van der Waals surface area (Å²) in [6.45, 7) is 5.65. The van der Waals surface area contributed by atoms with Crippen molar-refractivity contribution in [2.45, 2.75) is 39.0 Å². The second-order valence-corrected chi connectivity index (χ2v) is 5.14. The maximum Gasteiger partial charge on any atom is 0.326 e. The van der Waals surface area contributed by atoms with Gasteiger partial charge in [-0.2, -0.15) is 0 Å². The van der Waals surface area contributed by atoms with Gasteiger partial charge in [0.05, 0.1) is 6.61 Å². The fourth-order valence-electron chi connectivity index (χ4n) is 1.43. The number of carbonyl (C=O) groups is 1. The predicted octanol–water partition coefficient (Wildman–Crippen LogP) is 1.48. The van der Waals surface area contributed by atoms with E-state index in [0.29, 0.717) is 6.54 Å². The Balaban J connectivity index is 2.50. The molecule has 0 spiro atoms. The van der Waals surface area contributed by atoms with Crippen LogP contribution in [0, 0.1) is 0 Å². The SMILES string of the molecule is CC(C)(C)OC(=O)[C@H](CO)NCc1ccccc1. The fourth-order valence-corrected chi connectivity index (χ4v) is 1.43. The van der Waals surface area contributed by atoms with Crippen LogP contribution in [-0.4, -0.2) is 29.3 Å². The quantitative estimate of drug-likeness (QED) is 0.778. The highest BCUT2D eigenvalue weighted by molar-refractivity contribution is 5.76. The van der Waals surface area contributed by atoms with Crippen LogP contribution in [0.2, 0.25) is 0 Å². The van der Waals surface area contributed by atoms with E-state index in [-0.39, 0.29) is 6.61 Å². The lowest BCUT2D eigenvalue weighted by Crippen LogP contribution is -2.43. The number of hydrogen-bond donors (Lipinski definition) is 2. The number of ether oxygens (including phenoxy) is 1. The third-order valence-corrected chi connectivity index (χ3v) is 2.27. The van der Waals surface area contributed by atoms with Crippen LogP contribution >= 0.6 is 0 Å². The van der Waals surface area contributed by atoms with Crippen molar-refractivity contribution in [3.63, 3.8) is 0 Å². The zero-order chi connectivity index (χ0) is 13.6. The number of aliphatic hydroxyl groups excluding tert-OH is 1. The number of hydrogen-bond acceptors (Lipinski definition) is 4. The molecule has 2 N–H and O–H groups in total. The van der Waals surface area contributed by atoms with Gasteiger partial charge in [-0.05, 0) is 26.3 Å². The Morgan fingerprint density at radius 3 is 2.44 bits per heavy atom. The van der Waals surface area contributed by atoms with E-state index in [9.17, 15) is 9.90 Å². The van der Waals surface area contributed by atoms with Crippen LogP contribution in [0.3, 0.4) is 0 Å². The lowest BCUT2D eigenvalue weighted by Gasteiger charge is -2.23. The molecular formula is C14H21NO3. The molecule has 100 valence electrons. The molecule has 1 aromatic carbocycles. The minimum absolute atomic E-state index is 0.276. The molecule has 0 amide bonds. The summed E-state index contributed by atoms with van der Waals surface area (Å²) in [5.74, 6) is -0.430. The highest BCUT2D eigenvalue weighted by atomic mass is 16.6. The van der Waals surface area contributed by atoms with Gasteiger partial charge in [-0.25, -0.2) is 0 Å². The van der Waals surface area contributed by atoms with Gasteiger partial charge in [0.15, 0.2) is 0 Å². The Morgan fingerprint density at radius 2 is 1.94 bits per heavy atom. The molecule has 1 aromatic rings. The molecule has 4 heteroatoms. The van der Waals surface area contributed by atoms with Crippen molar-refractivity contribution in [3.05, 3.63) is 35.9 Å². The van der Waals surface area contributed by atoms with Gasteiger partial charge < -0.3 is 9.84 Å². The van der Waals surface area contributed by atoms with Crippen molar-refractivity contribution >= 4 is 5.97 Å². The lowest BCUT2D eigenvalue weighted by atomic mass is 10.2. The summed E-state index contributed by atoms with van der Waals surface area (Å²) in [5, 5.41) is 12.2. The molecule has 0 saturated carbocycles. The summed E-state index contributed by atoms with van der Waals surface area (Å²) in [5.41, 5.74) is 0.512. The number of rotatable bonds is 5. The number of benzene rings is 1. The Labute approximate surface area is 108 Å². The molecule has 0 fully saturated rings. The number of carbonyl (C=O) groups excluding carboxylic acids is 1. The normalized spacial score (nSPS) is 13.1. The molecule has 0 aromatic heterocycles. The van der Waals surface area contributed by atoms with E-state index in [4.69, 9.17) is 4.74 Å². The molecule has 0 aliphatic rings. The summed E-state index contributed by atoms with van der Waals surface area (Å²) in [4.78, 5) is 11.8. The van der Waals surface area contributed by atoms with Crippen molar-refractivity contribution in [2.24, 2.45) is 0 Å². The van der Waals surface area contributed by atoms with Crippen LogP contribution in [0.25, 0.3) is 0 Å². The Bertz CT molecular complexity index is 370. The summed E-state index contributed by atoms with van der Waals surface area (Å²) < 4.78 is 5.22. The van der Waals surface area contributed by atoms with Crippen molar-refractivity contribution in [1.82, 2.24) is 5.32 Å². The topological polar surface area (TPSA) is 58.6 Å². The van der Waals surface area contributed by atoms with Gasteiger partial charge in [0, 0.05) is 6.54 Å². The van der Waals surface area contributed by atoms with E-state index < -0.39 is 17.6 Å². The molecular weight excluding hydrogens is 230 g/mol. The highest BCUT2D eigenvalue weighted by Gasteiger charge is 2.23. The average Bonchev–Trinajstić information content (AvgIpc) is 2.29. The lowest BCUT2D eigenvalue weighted by molar-refractivity contribution is -0.158. The largest absolute Gasteiger partial charge is 0.459 e. The van der Waals surface area contributed by atoms with Gasteiger partial charge in [-0.1, -0.05) is 30.3 Å². The molecule has 0 saturated heterocycles. The summed E-state index contributed by atoms with van der Waals surface area (Å²) >= 11 is 0. The van der Waals surface area contributed by atoms with Crippen LogP contribution in [0.4, 0.5) is 0 Å². The zero-order valence-corrected chi connectivity index (χ0v) is 11.1. The summed E-state index contributed by atoms with van der Waals surface area (Å²) in [7, 11) is 0. The first-order valence-electron chi connectivity index (χ1n) is 6.03. The van der Waals surface area contributed by atoms with Crippen molar-refractivity contribution < 1.29 is 14.6 Å². The molecule has 18 heavy (non-hydrogen) atoms. The van der Waals surface area contributed by atoms with Crippen molar-refractivity contribution in [3.8, 4) is 0 Å². The van der Waals surface area contributed by atoms with Gasteiger partial charge in [0.25, 0.3) is 0 Å². The van der Waals surface area contributed by atoms with Gasteiger partial charge in [-0.3, -0.25) is 10.1 Å². The predicted molar refractivity (Wildman–Crippen MR) is 70.0 cm³/mol. The van der Waals surface area contributed by atoms with Gasteiger partial charge >= 0.3 is 5.97 Å². The molecule has 0 radical (unpaired) electrons. The first-order chi connectivity index (χ1) is 8.42. The van der Waals surface area contributed by atoms with Crippen LogP contribution < -0.4 is 5.32 Å². The van der Waals surface area contributed by atoms with E-state index in [0.717, 1.165) is 5.56 Å². The molecule has 1 atom stereocenters. The first kappa shape index (κ1) is 14.7. The second kappa shape index (κ2) is 6.52. The van der Waals surface area contributed by atoms with Crippen LogP contribution in [-0.2, 0) is 16.1 Å². The molecule has 1 rings (SSSR count). The van der Waals surface area contributed by atoms with Crippen molar-refractivity contribution in [2.75, 3.05) is 6.61 Å².